The number of aromatic amines is 1. The monoisotopic (exact) mass is 310 g/mol. The normalized spacial score (nSPS) is 10.6. The molecule has 1 aromatic heterocycles. The summed E-state index contributed by atoms with van der Waals surface area (Å²) in [6, 6.07) is 5.67. The van der Waals surface area contributed by atoms with Crippen molar-refractivity contribution in [2.24, 2.45) is 0 Å². The molecule has 0 aliphatic rings. The molecule has 0 atom stereocenters. The van der Waals surface area contributed by atoms with E-state index in [1.807, 2.05) is 18.2 Å². The third-order valence-electron chi connectivity index (χ3n) is 2.68. The Labute approximate surface area is 114 Å². The quantitative estimate of drug-likeness (QED) is 0.908. The van der Waals surface area contributed by atoms with Gasteiger partial charge in [0.1, 0.15) is 11.6 Å². The van der Waals surface area contributed by atoms with Gasteiger partial charge in [-0.05, 0) is 40.5 Å². The Balaban J connectivity index is 2.36. The first-order valence-electron chi connectivity index (χ1n) is 5.77. The number of aromatic hydroxyl groups is 1. The molecule has 1 heterocycles. The summed E-state index contributed by atoms with van der Waals surface area (Å²) in [7, 11) is 1.62. The smallest absolute Gasteiger partial charge is 0.232 e. The van der Waals surface area contributed by atoms with Crippen LogP contribution in [0.4, 0.5) is 0 Å². The number of nitrogens with zero attached hydrogens (tertiary/aromatic N) is 1. The molecule has 0 fully saturated rings. The second-order valence-corrected chi connectivity index (χ2v) is 4.84. The van der Waals surface area contributed by atoms with Gasteiger partial charge >= 0.3 is 0 Å². The van der Waals surface area contributed by atoms with Crippen LogP contribution in [-0.4, -0.2) is 22.2 Å². The predicted molar refractivity (Wildman–Crippen MR) is 73.9 cm³/mol. The SMILES string of the molecule is CCCc1[nH]c(-c2ccc(OC)c(Br)c2)nc1O. The van der Waals surface area contributed by atoms with Crippen LogP contribution < -0.4 is 4.74 Å². The van der Waals surface area contributed by atoms with Crippen molar-refractivity contribution >= 4 is 15.9 Å². The first-order chi connectivity index (χ1) is 8.65. The van der Waals surface area contributed by atoms with Crippen molar-refractivity contribution in [3.8, 4) is 23.0 Å². The van der Waals surface area contributed by atoms with E-state index in [1.54, 1.807) is 7.11 Å². The van der Waals surface area contributed by atoms with Gasteiger partial charge in [0.2, 0.25) is 5.88 Å². The number of ether oxygens (including phenoxy) is 1. The maximum atomic E-state index is 9.72. The summed E-state index contributed by atoms with van der Waals surface area (Å²) in [5, 5.41) is 9.72. The minimum absolute atomic E-state index is 0.0822. The lowest BCUT2D eigenvalue weighted by Crippen LogP contribution is -1.87. The molecule has 0 bridgehead atoms. The molecule has 0 aliphatic heterocycles. The molecule has 96 valence electrons. The maximum absolute atomic E-state index is 9.72. The lowest BCUT2D eigenvalue weighted by atomic mass is 10.2. The van der Waals surface area contributed by atoms with Crippen LogP contribution >= 0.6 is 15.9 Å². The van der Waals surface area contributed by atoms with Gasteiger partial charge < -0.3 is 14.8 Å². The number of imidazole rings is 1. The van der Waals surface area contributed by atoms with Crippen LogP contribution in [0.1, 0.15) is 19.0 Å². The van der Waals surface area contributed by atoms with E-state index in [1.165, 1.54) is 0 Å². The lowest BCUT2D eigenvalue weighted by Gasteiger charge is -2.04. The fourth-order valence-electron chi connectivity index (χ4n) is 1.77. The van der Waals surface area contributed by atoms with Gasteiger partial charge in [0, 0.05) is 5.56 Å². The Morgan fingerprint density at radius 2 is 2.22 bits per heavy atom. The molecule has 2 rings (SSSR count). The van der Waals surface area contributed by atoms with Gasteiger partial charge in [0.25, 0.3) is 0 Å². The van der Waals surface area contributed by atoms with E-state index in [2.05, 4.69) is 32.8 Å². The number of benzene rings is 1. The molecule has 0 spiro atoms. The van der Waals surface area contributed by atoms with Crippen molar-refractivity contribution in [3.63, 3.8) is 0 Å². The van der Waals surface area contributed by atoms with E-state index >= 15 is 0 Å². The Kier molecular flexibility index (Phi) is 3.91. The van der Waals surface area contributed by atoms with Crippen molar-refractivity contribution in [2.45, 2.75) is 19.8 Å². The van der Waals surface area contributed by atoms with E-state index in [0.29, 0.717) is 5.82 Å². The molecule has 18 heavy (non-hydrogen) atoms. The molecule has 4 nitrogen and oxygen atoms in total. The molecule has 5 heteroatoms. The zero-order chi connectivity index (χ0) is 13.1. The summed E-state index contributed by atoms with van der Waals surface area (Å²) in [6.45, 7) is 2.06. The number of aromatic nitrogens is 2. The molecule has 2 aromatic rings. The number of methoxy groups -OCH3 is 1. The van der Waals surface area contributed by atoms with Crippen LogP contribution in [0.25, 0.3) is 11.4 Å². The van der Waals surface area contributed by atoms with Crippen molar-refractivity contribution in [1.29, 1.82) is 0 Å². The van der Waals surface area contributed by atoms with Crippen LogP contribution in [0.3, 0.4) is 0 Å². The van der Waals surface area contributed by atoms with Crippen molar-refractivity contribution in [3.05, 3.63) is 28.4 Å². The van der Waals surface area contributed by atoms with Gasteiger partial charge in [-0.15, -0.1) is 0 Å². The number of aryl methyl sites for hydroxylation is 1. The third kappa shape index (κ3) is 2.51. The van der Waals surface area contributed by atoms with Gasteiger partial charge in [-0.25, -0.2) is 0 Å². The largest absolute Gasteiger partial charge is 0.496 e. The number of rotatable bonds is 4. The zero-order valence-electron chi connectivity index (χ0n) is 10.3. The van der Waals surface area contributed by atoms with Gasteiger partial charge in [-0.2, -0.15) is 4.98 Å². The number of nitrogens with one attached hydrogen (secondary N) is 1. The molecule has 0 unspecified atom stereocenters. The molecule has 0 saturated heterocycles. The highest BCUT2D eigenvalue weighted by Gasteiger charge is 2.11. The summed E-state index contributed by atoms with van der Waals surface area (Å²) in [6.07, 6.45) is 1.75. The van der Waals surface area contributed by atoms with E-state index in [9.17, 15) is 5.11 Å². The van der Waals surface area contributed by atoms with Crippen LogP contribution in [-0.2, 0) is 6.42 Å². The Hall–Kier alpha value is -1.49. The summed E-state index contributed by atoms with van der Waals surface area (Å²) < 4.78 is 6.03. The summed E-state index contributed by atoms with van der Waals surface area (Å²) in [5.74, 6) is 1.52. The van der Waals surface area contributed by atoms with Crippen molar-refractivity contribution < 1.29 is 9.84 Å². The summed E-state index contributed by atoms with van der Waals surface area (Å²) in [5.41, 5.74) is 1.68. The highest BCUT2D eigenvalue weighted by molar-refractivity contribution is 9.10. The molecule has 2 N–H and O–H groups in total. The molecule has 0 radical (unpaired) electrons. The average molecular weight is 311 g/mol. The second kappa shape index (κ2) is 5.44. The number of halogens is 1. The van der Waals surface area contributed by atoms with Gasteiger partial charge in [0.05, 0.1) is 17.3 Å². The van der Waals surface area contributed by atoms with E-state index in [4.69, 9.17) is 4.74 Å². The van der Waals surface area contributed by atoms with Crippen LogP contribution in [0.2, 0.25) is 0 Å². The predicted octanol–water partition coefficient (Wildman–Crippen LogP) is 3.51. The average Bonchev–Trinajstić information content (AvgIpc) is 2.71. The number of hydrogen-bond acceptors (Lipinski definition) is 3. The summed E-state index contributed by atoms with van der Waals surface area (Å²) >= 11 is 3.43. The molecule has 1 aromatic carbocycles. The fourth-order valence-corrected chi connectivity index (χ4v) is 2.32. The minimum atomic E-state index is 0.0822. The van der Waals surface area contributed by atoms with Crippen molar-refractivity contribution in [1.82, 2.24) is 9.97 Å². The zero-order valence-corrected chi connectivity index (χ0v) is 11.9. The standard InChI is InChI=1S/C13H15BrN2O2/c1-3-4-10-13(17)16-12(15-10)8-5-6-11(18-2)9(14)7-8/h5-7,17H,3-4H2,1-2H3,(H,15,16). The maximum Gasteiger partial charge on any atom is 0.232 e. The van der Waals surface area contributed by atoms with Gasteiger partial charge in [0.15, 0.2) is 0 Å². The Morgan fingerprint density at radius 1 is 1.44 bits per heavy atom. The third-order valence-corrected chi connectivity index (χ3v) is 3.30. The first kappa shape index (κ1) is 13.0. The second-order valence-electron chi connectivity index (χ2n) is 3.99. The number of hydrogen-bond donors (Lipinski definition) is 2. The molecular formula is C13H15BrN2O2. The van der Waals surface area contributed by atoms with E-state index in [-0.39, 0.29) is 5.88 Å². The topological polar surface area (TPSA) is 58.1 Å². The fraction of sp³-hybridized carbons (Fsp3) is 0.308. The van der Waals surface area contributed by atoms with Gasteiger partial charge in [-0.1, -0.05) is 13.3 Å². The highest BCUT2D eigenvalue weighted by Crippen LogP contribution is 2.30. The minimum Gasteiger partial charge on any atom is -0.496 e. The Morgan fingerprint density at radius 3 is 2.83 bits per heavy atom. The van der Waals surface area contributed by atoms with Crippen LogP contribution in [0.5, 0.6) is 11.6 Å². The first-order valence-corrected chi connectivity index (χ1v) is 6.56. The molecule has 0 aliphatic carbocycles. The number of H-pyrrole nitrogens is 1. The van der Waals surface area contributed by atoms with Crippen LogP contribution in [0, 0.1) is 0 Å². The summed E-state index contributed by atoms with van der Waals surface area (Å²) in [4.78, 5) is 7.28. The van der Waals surface area contributed by atoms with Crippen LogP contribution in [0.15, 0.2) is 22.7 Å². The van der Waals surface area contributed by atoms with E-state index in [0.717, 1.165) is 34.3 Å². The lowest BCUT2D eigenvalue weighted by molar-refractivity contribution is 0.412. The molecule has 0 saturated carbocycles. The highest BCUT2D eigenvalue weighted by atomic mass is 79.9. The molecular weight excluding hydrogens is 296 g/mol. The Bertz CT molecular complexity index is 552. The van der Waals surface area contributed by atoms with Gasteiger partial charge in [-0.3, -0.25) is 0 Å². The molecule has 0 amide bonds. The van der Waals surface area contributed by atoms with E-state index < -0.39 is 0 Å². The van der Waals surface area contributed by atoms with Crippen molar-refractivity contribution in [2.75, 3.05) is 7.11 Å².